The number of aromatic hydroxyl groups is 1. The zero-order chi connectivity index (χ0) is 33.7. The van der Waals surface area contributed by atoms with Gasteiger partial charge in [0.25, 0.3) is 5.91 Å². The topological polar surface area (TPSA) is 215 Å². The molecule has 0 aliphatic heterocycles. The minimum absolute atomic E-state index is 0.0352. The lowest BCUT2D eigenvalue weighted by molar-refractivity contribution is -0.148. The predicted molar refractivity (Wildman–Crippen MR) is 166 cm³/mol. The summed E-state index contributed by atoms with van der Waals surface area (Å²) in [4.78, 5) is 61.1. The highest BCUT2D eigenvalue weighted by Crippen LogP contribution is 2.53. The summed E-state index contributed by atoms with van der Waals surface area (Å²) in [5.41, 5.74) is 5.56. The number of allylic oxidation sites excluding steroid dienone is 1. The van der Waals surface area contributed by atoms with Crippen LogP contribution >= 0.6 is 0 Å². The van der Waals surface area contributed by atoms with Crippen LogP contribution in [0.5, 0.6) is 5.75 Å². The number of amides is 2. The van der Waals surface area contributed by atoms with Crippen molar-refractivity contribution in [1.29, 1.82) is 0 Å². The Morgan fingerprint density at radius 3 is 2.37 bits per heavy atom. The highest BCUT2D eigenvalue weighted by atomic mass is 16.6. The van der Waals surface area contributed by atoms with Crippen molar-refractivity contribution in [2.24, 2.45) is 17.6 Å². The molecule has 0 heterocycles. The van der Waals surface area contributed by atoms with Crippen LogP contribution in [0.2, 0.25) is 0 Å². The van der Waals surface area contributed by atoms with Gasteiger partial charge in [-0.1, -0.05) is 30.3 Å². The van der Waals surface area contributed by atoms with E-state index in [0.717, 1.165) is 5.56 Å². The minimum Gasteiger partial charge on any atom is -0.510 e. The first-order valence-corrected chi connectivity index (χ1v) is 14.6. The fourth-order valence-corrected chi connectivity index (χ4v) is 6.81. The van der Waals surface area contributed by atoms with Crippen molar-refractivity contribution in [3.05, 3.63) is 75.8 Å². The van der Waals surface area contributed by atoms with E-state index in [9.17, 15) is 39.6 Å². The summed E-state index contributed by atoms with van der Waals surface area (Å²) in [7, 11) is 6.58. The molecule has 0 bridgehead atoms. The monoisotopic (exact) mass is 635 g/mol. The van der Waals surface area contributed by atoms with E-state index in [0.29, 0.717) is 11.3 Å². The van der Waals surface area contributed by atoms with Gasteiger partial charge in [-0.3, -0.25) is 28.9 Å². The number of rotatable bonds is 9. The van der Waals surface area contributed by atoms with Crippen LogP contribution in [0, 0.1) is 11.8 Å². The Morgan fingerprint density at radius 1 is 1.09 bits per heavy atom. The lowest BCUT2D eigenvalue weighted by Gasteiger charge is -2.50. The molecule has 5 rings (SSSR count). The first-order valence-electron chi connectivity index (χ1n) is 14.6. The van der Waals surface area contributed by atoms with Gasteiger partial charge in [0.05, 0.1) is 23.9 Å². The summed E-state index contributed by atoms with van der Waals surface area (Å²) in [5, 5.41) is 48.2. The number of likely N-dealkylation sites (N-methyl/N-ethyl adjacent to an activating group) is 1. The molecule has 2 aromatic carbocycles. The number of anilines is 2. The number of phenolic OH excluding ortho intramolecular Hbond substituents is 1. The Bertz CT molecular complexity index is 1680. The molecule has 0 radical (unpaired) electrons. The van der Waals surface area contributed by atoms with Crippen LogP contribution in [-0.4, -0.2) is 95.1 Å². The fourth-order valence-electron chi connectivity index (χ4n) is 6.81. The molecule has 46 heavy (non-hydrogen) atoms. The van der Waals surface area contributed by atoms with E-state index in [4.69, 9.17) is 10.6 Å². The number of hydroxylamine groups is 1. The first kappa shape index (κ1) is 32.6. The third kappa shape index (κ3) is 5.28. The number of phenols is 1. The molecule has 244 valence electrons. The second-order valence-corrected chi connectivity index (χ2v) is 12.1. The molecule has 2 aromatic rings. The highest BCUT2D eigenvalue weighted by Gasteiger charge is 2.63. The zero-order valence-corrected chi connectivity index (χ0v) is 25.8. The Balaban J connectivity index is 1.50. The Morgan fingerprint density at radius 2 is 1.76 bits per heavy atom. The number of Topliss-reactive ketones (excluding diaryl/α,β-unsaturated/α-hetero) is 2. The molecule has 3 aliphatic rings. The lowest BCUT2D eigenvalue weighted by Crippen LogP contribution is -2.63. The number of fused-ring (bicyclic) bond motifs is 3. The first-order chi connectivity index (χ1) is 21.7. The number of carbonyl (C=O) groups is 4. The minimum atomic E-state index is -2.75. The molecule has 0 aromatic heterocycles. The molecular formula is C32H37N5O9. The van der Waals surface area contributed by atoms with Crippen LogP contribution in [0.15, 0.2) is 59.1 Å². The van der Waals surface area contributed by atoms with Crippen molar-refractivity contribution < 1.29 is 44.4 Å². The van der Waals surface area contributed by atoms with Gasteiger partial charge >= 0.3 is 0 Å². The quantitative estimate of drug-likeness (QED) is 0.0884. The van der Waals surface area contributed by atoms with Crippen LogP contribution in [0.25, 0.3) is 0 Å². The van der Waals surface area contributed by atoms with Crippen molar-refractivity contribution >= 4 is 34.8 Å². The maximum absolute atomic E-state index is 14.1. The van der Waals surface area contributed by atoms with E-state index in [2.05, 4.69) is 10.8 Å². The summed E-state index contributed by atoms with van der Waals surface area (Å²) < 4.78 is 0. The smallest absolute Gasteiger partial charge is 0.255 e. The van der Waals surface area contributed by atoms with Crippen molar-refractivity contribution in [1.82, 2.24) is 10.4 Å². The highest BCUT2D eigenvalue weighted by molar-refractivity contribution is 6.25. The maximum atomic E-state index is 14.1. The molecular weight excluding hydrogens is 598 g/mol. The van der Waals surface area contributed by atoms with Gasteiger partial charge in [0.2, 0.25) is 11.7 Å². The van der Waals surface area contributed by atoms with E-state index in [-0.39, 0.29) is 42.8 Å². The number of primary amides is 1. The summed E-state index contributed by atoms with van der Waals surface area (Å²) in [6, 6.07) is 9.73. The van der Waals surface area contributed by atoms with Gasteiger partial charge in [-0.05, 0) is 50.0 Å². The van der Waals surface area contributed by atoms with Gasteiger partial charge in [-0.15, -0.1) is 0 Å². The van der Waals surface area contributed by atoms with Gasteiger partial charge in [-0.2, -0.15) is 5.48 Å². The summed E-state index contributed by atoms with van der Waals surface area (Å²) in [6.45, 7) is -0.0760. The van der Waals surface area contributed by atoms with Gasteiger partial charge in [0, 0.05) is 31.3 Å². The number of benzene rings is 2. The summed E-state index contributed by atoms with van der Waals surface area (Å²) >= 11 is 0. The van der Waals surface area contributed by atoms with Crippen LogP contribution in [-0.2, 0) is 32.2 Å². The lowest BCUT2D eigenvalue weighted by atomic mass is 9.58. The zero-order valence-electron chi connectivity index (χ0n) is 25.8. The SMILES string of the molecule is CN(C)c1cc(NC(=O)CNOCc2ccccc2)c(O)c2c1CC1CC3[C@H](N(C)C)C(O)=C(C(N)=O)C(=O)[C@@]3(O)C(O)=C1C2=O. The number of nitrogens with two attached hydrogens (primary N) is 1. The second kappa shape index (κ2) is 12.2. The largest absolute Gasteiger partial charge is 0.510 e. The molecule has 0 saturated carbocycles. The van der Waals surface area contributed by atoms with E-state index in [1.165, 1.54) is 11.0 Å². The molecule has 4 atom stereocenters. The van der Waals surface area contributed by atoms with E-state index < -0.39 is 69.7 Å². The molecule has 2 amide bonds. The van der Waals surface area contributed by atoms with E-state index in [1.807, 2.05) is 30.3 Å². The third-order valence-electron chi connectivity index (χ3n) is 8.87. The Labute approximate surface area is 264 Å². The van der Waals surface area contributed by atoms with Crippen LogP contribution in [0.3, 0.4) is 0 Å². The number of aliphatic hydroxyl groups excluding tert-OH is 2. The average molecular weight is 636 g/mol. The van der Waals surface area contributed by atoms with E-state index in [1.54, 1.807) is 33.1 Å². The molecule has 3 aliphatic carbocycles. The number of hydrogen-bond acceptors (Lipinski definition) is 12. The number of carbonyl (C=O) groups excluding carboxylic acids is 4. The number of hydrogen-bond donors (Lipinski definition) is 7. The fraction of sp³-hybridized carbons (Fsp3) is 0.375. The van der Waals surface area contributed by atoms with Crippen LogP contribution in [0.1, 0.15) is 27.9 Å². The van der Waals surface area contributed by atoms with Gasteiger partial charge in [0.1, 0.15) is 23.6 Å². The van der Waals surface area contributed by atoms with Crippen LogP contribution < -0.4 is 21.4 Å². The normalized spacial score (nSPS) is 24.0. The second-order valence-electron chi connectivity index (χ2n) is 12.1. The van der Waals surface area contributed by atoms with Gasteiger partial charge in [-0.25, -0.2) is 0 Å². The van der Waals surface area contributed by atoms with E-state index >= 15 is 0 Å². The molecule has 14 nitrogen and oxygen atoms in total. The maximum Gasteiger partial charge on any atom is 0.255 e. The summed E-state index contributed by atoms with van der Waals surface area (Å²) in [6.07, 6.45) is 0.0747. The van der Waals surface area contributed by atoms with Crippen molar-refractivity contribution in [2.45, 2.75) is 31.1 Å². The number of ketones is 2. The average Bonchev–Trinajstić information content (AvgIpc) is 2.98. The Hall–Kier alpha value is -4.76. The number of nitrogens with one attached hydrogen (secondary N) is 2. The summed E-state index contributed by atoms with van der Waals surface area (Å²) in [5.74, 6) is -8.08. The number of nitrogens with zero attached hydrogens (tertiary/aromatic N) is 2. The molecule has 0 saturated heterocycles. The van der Waals surface area contributed by atoms with Crippen LogP contribution in [0.4, 0.5) is 11.4 Å². The predicted octanol–water partition coefficient (Wildman–Crippen LogP) is 0.847. The molecule has 8 N–H and O–H groups in total. The van der Waals surface area contributed by atoms with Gasteiger partial charge < -0.3 is 36.4 Å². The van der Waals surface area contributed by atoms with Crippen molar-refractivity contribution in [3.8, 4) is 5.75 Å². The molecule has 0 spiro atoms. The number of aliphatic hydroxyl groups is 3. The van der Waals surface area contributed by atoms with Gasteiger partial charge in [0.15, 0.2) is 17.1 Å². The standard InChI is InChI=1S/C32H37N5O9/c1-36(2)20-12-19(35-21(38)13-34-46-14-15-8-6-5-7-9-15)26(39)23-17(20)10-16-11-18-25(37(3)4)28(41)24(31(33)44)30(43)32(18,45)29(42)22(16)27(23)40/h5-9,12,16,18,25,34,39,41-42,45H,10-11,13-14H2,1-4H3,(H2,33,44)(H,35,38)/t16?,18?,25-,32-/m0/s1. The Kier molecular flexibility index (Phi) is 8.66. The van der Waals surface area contributed by atoms with Crippen molar-refractivity contribution in [2.75, 3.05) is 45.0 Å². The van der Waals surface area contributed by atoms with Crippen molar-refractivity contribution in [3.63, 3.8) is 0 Å². The molecule has 14 heteroatoms. The molecule has 0 fully saturated rings. The third-order valence-corrected chi connectivity index (χ3v) is 8.87. The molecule has 2 unspecified atom stereocenters.